The molecule has 0 aliphatic heterocycles. The number of hydrogen-bond donors (Lipinski definition) is 1. The molecular formula is C14H27NO2. The number of ether oxygens (including phenoxy) is 1. The van der Waals surface area contributed by atoms with E-state index in [9.17, 15) is 5.11 Å². The first-order chi connectivity index (χ1) is 8.33. The molecule has 3 heteroatoms. The van der Waals surface area contributed by atoms with Crippen molar-refractivity contribution >= 4 is 0 Å². The van der Waals surface area contributed by atoms with Gasteiger partial charge in [-0.25, -0.2) is 0 Å². The van der Waals surface area contributed by atoms with Crippen LogP contribution in [-0.4, -0.2) is 48.5 Å². The topological polar surface area (TPSA) is 32.7 Å². The molecule has 2 unspecified atom stereocenters. The molecule has 0 aromatic rings. The van der Waals surface area contributed by atoms with Crippen LogP contribution < -0.4 is 0 Å². The Morgan fingerprint density at radius 3 is 2.41 bits per heavy atom. The zero-order valence-corrected chi connectivity index (χ0v) is 11.1. The van der Waals surface area contributed by atoms with Crippen LogP contribution in [0.5, 0.6) is 0 Å². The van der Waals surface area contributed by atoms with E-state index in [2.05, 4.69) is 4.90 Å². The first-order valence-electron chi connectivity index (χ1n) is 7.25. The highest BCUT2D eigenvalue weighted by atomic mass is 16.5. The van der Waals surface area contributed by atoms with Crippen molar-refractivity contribution in [2.45, 2.75) is 69.6 Å². The van der Waals surface area contributed by atoms with Gasteiger partial charge in [0, 0.05) is 25.7 Å². The molecule has 0 amide bonds. The van der Waals surface area contributed by atoms with Crippen LogP contribution in [0.25, 0.3) is 0 Å². The Kier molecular flexibility index (Phi) is 5.26. The third kappa shape index (κ3) is 3.94. The van der Waals surface area contributed by atoms with E-state index in [0.717, 1.165) is 25.6 Å². The lowest BCUT2D eigenvalue weighted by atomic mass is 9.93. The maximum absolute atomic E-state index is 10.3. The maximum atomic E-state index is 10.3. The predicted molar refractivity (Wildman–Crippen MR) is 69.1 cm³/mol. The monoisotopic (exact) mass is 241 g/mol. The maximum Gasteiger partial charge on any atom is 0.0695 e. The van der Waals surface area contributed by atoms with E-state index in [1.54, 1.807) is 7.11 Å². The minimum absolute atomic E-state index is 0.118. The summed E-state index contributed by atoms with van der Waals surface area (Å²) in [5, 5.41) is 10.3. The predicted octanol–water partition coefficient (Wildman–Crippen LogP) is 2.18. The zero-order valence-electron chi connectivity index (χ0n) is 11.1. The van der Waals surface area contributed by atoms with Gasteiger partial charge in [0.2, 0.25) is 0 Å². The smallest absolute Gasteiger partial charge is 0.0695 e. The number of rotatable bonds is 5. The molecule has 3 nitrogen and oxygen atoms in total. The fraction of sp³-hybridized carbons (Fsp3) is 1.00. The van der Waals surface area contributed by atoms with Gasteiger partial charge in [-0.15, -0.1) is 0 Å². The highest BCUT2D eigenvalue weighted by Gasteiger charge is 2.36. The number of aliphatic hydroxyl groups excluding tert-OH is 1. The SMILES string of the molecule is COCCN(C1CC1)C1CCCCCCC1O. The summed E-state index contributed by atoms with van der Waals surface area (Å²) in [6.07, 6.45) is 9.77. The van der Waals surface area contributed by atoms with Crippen molar-refractivity contribution in [3.05, 3.63) is 0 Å². The van der Waals surface area contributed by atoms with E-state index in [1.807, 2.05) is 0 Å². The summed E-state index contributed by atoms with van der Waals surface area (Å²) in [5.74, 6) is 0. The number of nitrogens with zero attached hydrogens (tertiary/aromatic N) is 1. The van der Waals surface area contributed by atoms with Gasteiger partial charge < -0.3 is 9.84 Å². The molecule has 0 bridgehead atoms. The molecular weight excluding hydrogens is 214 g/mol. The Labute approximate surface area is 105 Å². The lowest BCUT2D eigenvalue weighted by Crippen LogP contribution is -2.46. The van der Waals surface area contributed by atoms with Gasteiger partial charge in [0.15, 0.2) is 0 Å². The Morgan fingerprint density at radius 2 is 1.76 bits per heavy atom. The minimum atomic E-state index is -0.118. The van der Waals surface area contributed by atoms with Crippen LogP contribution in [-0.2, 0) is 4.74 Å². The lowest BCUT2D eigenvalue weighted by molar-refractivity contribution is 0.0145. The average molecular weight is 241 g/mol. The van der Waals surface area contributed by atoms with Crippen molar-refractivity contribution in [2.75, 3.05) is 20.3 Å². The van der Waals surface area contributed by atoms with Crippen LogP contribution in [0.2, 0.25) is 0 Å². The van der Waals surface area contributed by atoms with E-state index in [4.69, 9.17) is 4.74 Å². The molecule has 2 atom stereocenters. The van der Waals surface area contributed by atoms with Gasteiger partial charge in [0.25, 0.3) is 0 Å². The summed E-state index contributed by atoms with van der Waals surface area (Å²) >= 11 is 0. The van der Waals surface area contributed by atoms with Crippen molar-refractivity contribution < 1.29 is 9.84 Å². The second-order valence-corrected chi connectivity index (χ2v) is 5.59. The Balaban J connectivity index is 1.92. The molecule has 2 aliphatic rings. The number of methoxy groups -OCH3 is 1. The first kappa shape index (κ1) is 13.3. The standard InChI is InChI=1S/C14H27NO2/c1-17-11-10-15(12-8-9-12)13-6-4-2-3-5-7-14(13)16/h12-14,16H,2-11H2,1H3. The van der Waals surface area contributed by atoms with Crippen molar-refractivity contribution in [2.24, 2.45) is 0 Å². The van der Waals surface area contributed by atoms with Crippen LogP contribution in [0.3, 0.4) is 0 Å². The Morgan fingerprint density at radius 1 is 1.06 bits per heavy atom. The molecule has 0 radical (unpaired) electrons. The van der Waals surface area contributed by atoms with Gasteiger partial charge in [-0.3, -0.25) is 4.90 Å². The lowest BCUT2D eigenvalue weighted by Gasteiger charge is -2.36. The summed E-state index contributed by atoms with van der Waals surface area (Å²) in [6.45, 7) is 1.78. The molecule has 0 saturated heterocycles. The van der Waals surface area contributed by atoms with Crippen LogP contribution in [0.15, 0.2) is 0 Å². The number of hydrogen-bond acceptors (Lipinski definition) is 3. The van der Waals surface area contributed by atoms with Gasteiger partial charge in [-0.05, 0) is 25.7 Å². The Hall–Kier alpha value is -0.120. The second-order valence-electron chi connectivity index (χ2n) is 5.59. The summed E-state index contributed by atoms with van der Waals surface area (Å²) in [6, 6.07) is 1.11. The van der Waals surface area contributed by atoms with Crippen molar-refractivity contribution in [3.63, 3.8) is 0 Å². The summed E-state index contributed by atoms with van der Waals surface area (Å²) in [7, 11) is 1.76. The second kappa shape index (κ2) is 6.72. The van der Waals surface area contributed by atoms with Crippen LogP contribution in [0.4, 0.5) is 0 Å². The van der Waals surface area contributed by atoms with Crippen LogP contribution in [0.1, 0.15) is 51.4 Å². The quantitative estimate of drug-likeness (QED) is 0.801. The van der Waals surface area contributed by atoms with Crippen LogP contribution in [0, 0.1) is 0 Å². The molecule has 2 fully saturated rings. The highest BCUT2D eigenvalue weighted by molar-refractivity contribution is 4.91. The van der Waals surface area contributed by atoms with Gasteiger partial charge in [-0.1, -0.05) is 25.7 Å². The fourth-order valence-electron chi connectivity index (χ4n) is 3.05. The van der Waals surface area contributed by atoms with E-state index < -0.39 is 0 Å². The van der Waals surface area contributed by atoms with Gasteiger partial charge in [-0.2, -0.15) is 0 Å². The summed E-state index contributed by atoms with van der Waals surface area (Å²) < 4.78 is 5.21. The molecule has 100 valence electrons. The van der Waals surface area contributed by atoms with E-state index >= 15 is 0 Å². The molecule has 0 heterocycles. The van der Waals surface area contributed by atoms with Crippen molar-refractivity contribution in [1.82, 2.24) is 4.90 Å². The molecule has 2 saturated carbocycles. The third-order valence-corrected chi connectivity index (χ3v) is 4.19. The van der Waals surface area contributed by atoms with Gasteiger partial charge >= 0.3 is 0 Å². The molecule has 2 aliphatic carbocycles. The molecule has 0 aromatic carbocycles. The minimum Gasteiger partial charge on any atom is -0.391 e. The third-order valence-electron chi connectivity index (χ3n) is 4.19. The normalized spacial score (nSPS) is 31.2. The zero-order chi connectivity index (χ0) is 12.1. The van der Waals surface area contributed by atoms with E-state index in [1.165, 1.54) is 44.9 Å². The van der Waals surface area contributed by atoms with Crippen molar-refractivity contribution in [3.8, 4) is 0 Å². The van der Waals surface area contributed by atoms with Crippen molar-refractivity contribution in [1.29, 1.82) is 0 Å². The largest absolute Gasteiger partial charge is 0.391 e. The number of aliphatic hydroxyl groups is 1. The average Bonchev–Trinajstić information content (AvgIpc) is 3.12. The van der Waals surface area contributed by atoms with Crippen LogP contribution >= 0.6 is 0 Å². The molecule has 17 heavy (non-hydrogen) atoms. The summed E-state index contributed by atoms with van der Waals surface area (Å²) in [4.78, 5) is 2.53. The highest BCUT2D eigenvalue weighted by Crippen LogP contribution is 2.32. The molecule has 0 aromatic heterocycles. The van der Waals surface area contributed by atoms with E-state index in [0.29, 0.717) is 6.04 Å². The van der Waals surface area contributed by atoms with E-state index in [-0.39, 0.29) is 6.10 Å². The molecule has 0 spiro atoms. The molecule has 1 N–H and O–H groups in total. The van der Waals surface area contributed by atoms with Gasteiger partial charge in [0.1, 0.15) is 0 Å². The fourth-order valence-corrected chi connectivity index (χ4v) is 3.05. The summed E-state index contributed by atoms with van der Waals surface area (Å²) in [5.41, 5.74) is 0. The Bertz CT molecular complexity index is 218. The van der Waals surface area contributed by atoms with Gasteiger partial charge in [0.05, 0.1) is 12.7 Å². The first-order valence-corrected chi connectivity index (χ1v) is 7.25. The molecule has 2 rings (SSSR count).